The second kappa shape index (κ2) is 10.2. The highest BCUT2D eigenvalue weighted by molar-refractivity contribution is 6.05. The highest BCUT2D eigenvalue weighted by atomic mass is 16.5. The summed E-state index contributed by atoms with van der Waals surface area (Å²) in [4.78, 5) is 26.4. The van der Waals surface area contributed by atoms with Gasteiger partial charge in [-0.1, -0.05) is 26.0 Å². The van der Waals surface area contributed by atoms with Crippen molar-refractivity contribution in [2.24, 2.45) is 0 Å². The molecule has 0 bridgehead atoms. The number of aryl methyl sites for hydroxylation is 1. The van der Waals surface area contributed by atoms with E-state index in [2.05, 4.69) is 38.9 Å². The lowest BCUT2D eigenvalue weighted by atomic mass is 10.2. The summed E-state index contributed by atoms with van der Waals surface area (Å²) in [7, 11) is 0. The minimum atomic E-state index is -0.217. The number of nitrogens with zero attached hydrogens (tertiary/aromatic N) is 4. The topological polar surface area (TPSA) is 70.6 Å². The van der Waals surface area contributed by atoms with E-state index >= 15 is 0 Å². The van der Waals surface area contributed by atoms with Crippen molar-refractivity contribution in [1.82, 2.24) is 9.97 Å². The first-order valence-corrected chi connectivity index (χ1v) is 10.5. The van der Waals surface area contributed by atoms with E-state index in [4.69, 9.17) is 4.74 Å². The molecule has 7 nitrogen and oxygen atoms in total. The lowest BCUT2D eigenvalue weighted by molar-refractivity contribution is 0.102. The molecule has 2 heterocycles. The number of anilines is 3. The predicted molar refractivity (Wildman–Crippen MR) is 117 cm³/mol. The van der Waals surface area contributed by atoms with Crippen molar-refractivity contribution in [1.29, 1.82) is 0 Å². The van der Waals surface area contributed by atoms with Crippen LogP contribution in [0.2, 0.25) is 0 Å². The van der Waals surface area contributed by atoms with E-state index in [0.717, 1.165) is 56.2 Å². The molecule has 0 saturated carbocycles. The molecule has 0 aliphatic carbocycles. The molecule has 0 atom stereocenters. The Balaban J connectivity index is 1.82. The Morgan fingerprint density at radius 1 is 1.14 bits per heavy atom. The maximum Gasteiger partial charge on any atom is 0.274 e. The Bertz CT molecular complexity index is 815. The van der Waals surface area contributed by atoms with Crippen molar-refractivity contribution in [3.63, 3.8) is 0 Å². The van der Waals surface area contributed by atoms with Gasteiger partial charge in [0.05, 0.1) is 24.6 Å². The van der Waals surface area contributed by atoms with Gasteiger partial charge in [-0.3, -0.25) is 4.79 Å². The summed E-state index contributed by atoms with van der Waals surface area (Å²) >= 11 is 0. The number of carbonyl (C=O) groups is 1. The van der Waals surface area contributed by atoms with Gasteiger partial charge >= 0.3 is 0 Å². The molecule has 1 fully saturated rings. The Hall–Kier alpha value is -2.67. The summed E-state index contributed by atoms with van der Waals surface area (Å²) in [6, 6.07) is 9.67. The van der Waals surface area contributed by atoms with Gasteiger partial charge in [-0.2, -0.15) is 0 Å². The third kappa shape index (κ3) is 5.44. The molecule has 2 aromatic rings. The van der Waals surface area contributed by atoms with E-state index in [1.165, 1.54) is 0 Å². The second-order valence-electron chi connectivity index (χ2n) is 7.22. The fourth-order valence-electron chi connectivity index (χ4n) is 3.56. The lowest BCUT2D eigenvalue weighted by Gasteiger charge is -2.30. The van der Waals surface area contributed by atoms with Crippen LogP contribution in [0.4, 0.5) is 17.2 Å². The second-order valence-corrected chi connectivity index (χ2v) is 7.22. The van der Waals surface area contributed by atoms with Crippen molar-refractivity contribution in [2.45, 2.75) is 33.6 Å². The van der Waals surface area contributed by atoms with Crippen LogP contribution in [0.15, 0.2) is 30.3 Å². The van der Waals surface area contributed by atoms with Gasteiger partial charge in [0.25, 0.3) is 5.91 Å². The maximum atomic E-state index is 13.0. The fraction of sp³-hybridized carbons (Fsp3) is 0.500. The molecule has 29 heavy (non-hydrogen) atoms. The van der Waals surface area contributed by atoms with E-state index in [0.29, 0.717) is 24.7 Å². The lowest BCUT2D eigenvalue weighted by Crippen LogP contribution is -2.36. The molecule has 1 aromatic carbocycles. The largest absolute Gasteiger partial charge is 0.378 e. The van der Waals surface area contributed by atoms with Gasteiger partial charge in [0.2, 0.25) is 0 Å². The zero-order chi connectivity index (χ0) is 20.6. The van der Waals surface area contributed by atoms with Crippen molar-refractivity contribution < 1.29 is 9.53 Å². The van der Waals surface area contributed by atoms with Gasteiger partial charge in [-0.15, -0.1) is 0 Å². The average molecular weight is 398 g/mol. The normalized spacial score (nSPS) is 14.0. The van der Waals surface area contributed by atoms with Crippen molar-refractivity contribution in [3.05, 3.63) is 41.9 Å². The standard InChI is InChI=1S/C22H31N5O2/c1-4-10-27(11-5-2)21-16-19(23-17(3)24-21)22(28)25-18-8-6-7-9-20(18)26-12-14-29-15-13-26/h6-9,16H,4-5,10-15H2,1-3H3,(H,25,28). The number of para-hydroxylation sites is 2. The zero-order valence-electron chi connectivity index (χ0n) is 17.6. The van der Waals surface area contributed by atoms with E-state index in [1.54, 1.807) is 6.07 Å². The van der Waals surface area contributed by atoms with Gasteiger partial charge < -0.3 is 19.9 Å². The van der Waals surface area contributed by atoms with Crippen LogP contribution >= 0.6 is 0 Å². The SMILES string of the molecule is CCCN(CCC)c1cc(C(=O)Nc2ccccc2N2CCOCC2)nc(C)n1. The number of hydrogen-bond acceptors (Lipinski definition) is 6. The van der Waals surface area contributed by atoms with E-state index in [9.17, 15) is 4.79 Å². The first-order chi connectivity index (χ1) is 14.1. The van der Waals surface area contributed by atoms with Crippen LogP contribution in [-0.2, 0) is 4.74 Å². The van der Waals surface area contributed by atoms with Crippen molar-refractivity contribution in [2.75, 3.05) is 54.5 Å². The number of carbonyl (C=O) groups excluding carboxylic acids is 1. The third-order valence-corrected chi connectivity index (χ3v) is 4.87. The minimum absolute atomic E-state index is 0.217. The zero-order valence-corrected chi connectivity index (χ0v) is 17.6. The predicted octanol–water partition coefficient (Wildman–Crippen LogP) is 3.50. The molecule has 3 rings (SSSR count). The quantitative estimate of drug-likeness (QED) is 0.735. The van der Waals surface area contributed by atoms with Gasteiger partial charge in [0, 0.05) is 32.2 Å². The summed E-state index contributed by atoms with van der Waals surface area (Å²) in [6.07, 6.45) is 2.05. The Kier molecular flexibility index (Phi) is 7.41. The molecule has 1 aliphatic rings. The van der Waals surface area contributed by atoms with Gasteiger partial charge in [-0.25, -0.2) is 9.97 Å². The van der Waals surface area contributed by atoms with Crippen molar-refractivity contribution >= 4 is 23.1 Å². The van der Waals surface area contributed by atoms with Gasteiger partial charge in [0.1, 0.15) is 17.3 Å². The molecule has 1 amide bonds. The molecule has 1 aliphatic heterocycles. The van der Waals surface area contributed by atoms with E-state index in [1.807, 2.05) is 31.2 Å². The first-order valence-electron chi connectivity index (χ1n) is 10.5. The summed E-state index contributed by atoms with van der Waals surface area (Å²) in [6.45, 7) is 11.0. The van der Waals surface area contributed by atoms with Gasteiger partial charge in [-0.05, 0) is 31.9 Å². The van der Waals surface area contributed by atoms with E-state index < -0.39 is 0 Å². The van der Waals surface area contributed by atoms with Crippen LogP contribution in [0.5, 0.6) is 0 Å². The first kappa shape index (κ1) is 21.0. The average Bonchev–Trinajstić information content (AvgIpc) is 2.74. The molecule has 0 unspecified atom stereocenters. The number of amides is 1. The van der Waals surface area contributed by atoms with Crippen molar-refractivity contribution in [3.8, 4) is 0 Å². The molecule has 1 aromatic heterocycles. The van der Waals surface area contributed by atoms with Crippen LogP contribution in [-0.4, -0.2) is 55.3 Å². The number of rotatable bonds is 8. The monoisotopic (exact) mass is 397 g/mol. The number of ether oxygens (including phenoxy) is 1. The molecule has 7 heteroatoms. The summed E-state index contributed by atoms with van der Waals surface area (Å²) < 4.78 is 5.45. The highest BCUT2D eigenvalue weighted by Crippen LogP contribution is 2.27. The van der Waals surface area contributed by atoms with Gasteiger partial charge in [0.15, 0.2) is 0 Å². The Morgan fingerprint density at radius 3 is 2.52 bits per heavy atom. The van der Waals surface area contributed by atoms with Crippen LogP contribution in [0.25, 0.3) is 0 Å². The smallest absolute Gasteiger partial charge is 0.274 e. The van der Waals surface area contributed by atoms with Crippen LogP contribution in [0.1, 0.15) is 43.0 Å². The van der Waals surface area contributed by atoms with Crippen LogP contribution < -0.4 is 15.1 Å². The third-order valence-electron chi connectivity index (χ3n) is 4.87. The molecular formula is C22H31N5O2. The molecule has 1 saturated heterocycles. The fourth-order valence-corrected chi connectivity index (χ4v) is 3.56. The maximum absolute atomic E-state index is 13.0. The molecule has 0 radical (unpaired) electrons. The molecular weight excluding hydrogens is 366 g/mol. The number of nitrogens with one attached hydrogen (secondary N) is 1. The molecule has 1 N–H and O–H groups in total. The highest BCUT2D eigenvalue weighted by Gasteiger charge is 2.18. The number of benzene rings is 1. The number of aromatic nitrogens is 2. The summed E-state index contributed by atoms with van der Waals surface area (Å²) in [5.41, 5.74) is 2.19. The Morgan fingerprint density at radius 2 is 1.83 bits per heavy atom. The molecule has 0 spiro atoms. The summed E-state index contributed by atoms with van der Waals surface area (Å²) in [5.74, 6) is 1.20. The Labute approximate surface area is 173 Å². The van der Waals surface area contributed by atoms with Crippen LogP contribution in [0, 0.1) is 6.92 Å². The molecule has 156 valence electrons. The summed E-state index contributed by atoms with van der Waals surface area (Å²) in [5, 5.41) is 3.05. The van der Waals surface area contributed by atoms with Crippen LogP contribution in [0.3, 0.4) is 0 Å². The minimum Gasteiger partial charge on any atom is -0.378 e. The number of hydrogen-bond donors (Lipinski definition) is 1. The van der Waals surface area contributed by atoms with E-state index in [-0.39, 0.29) is 5.91 Å². The number of morpholine rings is 1.